The number of nitrogens with zero attached hydrogens (tertiary/aromatic N) is 4. The monoisotopic (exact) mass is 333 g/mol. The number of guanidine groups is 1. The van der Waals surface area contributed by atoms with Crippen molar-refractivity contribution in [3.63, 3.8) is 0 Å². The first-order valence-electron chi connectivity index (χ1n) is 7.78. The molecule has 0 fully saturated rings. The minimum absolute atomic E-state index is 0.0970. The lowest BCUT2D eigenvalue weighted by molar-refractivity contribution is 0.461. The minimum atomic E-state index is 0.0970. The number of thiazole rings is 1. The number of hydrogen-bond acceptors (Lipinski definition) is 3. The van der Waals surface area contributed by atoms with Gasteiger partial charge in [-0.05, 0) is 12.1 Å². The maximum absolute atomic E-state index is 4.72. The van der Waals surface area contributed by atoms with Gasteiger partial charge in [0.15, 0.2) is 5.96 Å². The summed E-state index contributed by atoms with van der Waals surface area (Å²) in [4.78, 5) is 11.2. The quantitative estimate of drug-likeness (QED) is 0.691. The first kappa shape index (κ1) is 17.5. The van der Waals surface area contributed by atoms with Gasteiger partial charge in [0.25, 0.3) is 0 Å². The summed E-state index contributed by atoms with van der Waals surface area (Å²) in [5.41, 5.74) is 2.49. The van der Waals surface area contributed by atoms with Crippen molar-refractivity contribution in [2.24, 2.45) is 12.0 Å². The number of nitrogens with one attached hydrogen (secondary N) is 1. The highest BCUT2D eigenvalue weighted by Crippen LogP contribution is 2.23. The smallest absolute Gasteiger partial charge is 0.194 e. The lowest BCUT2D eigenvalue weighted by Crippen LogP contribution is -2.38. The zero-order valence-electron chi connectivity index (χ0n) is 14.9. The van der Waals surface area contributed by atoms with E-state index in [2.05, 4.69) is 71.3 Å². The molecule has 23 heavy (non-hydrogen) atoms. The van der Waals surface area contributed by atoms with Crippen LogP contribution in [0.2, 0.25) is 0 Å². The average molecular weight is 334 g/mol. The predicted octanol–water partition coefficient (Wildman–Crippen LogP) is 2.99. The Morgan fingerprint density at radius 2 is 2.17 bits per heavy atom. The minimum Gasteiger partial charge on any atom is -0.353 e. The van der Waals surface area contributed by atoms with E-state index < -0.39 is 0 Å². The zero-order valence-corrected chi connectivity index (χ0v) is 15.7. The molecule has 0 saturated carbocycles. The van der Waals surface area contributed by atoms with Crippen LogP contribution in [0.5, 0.6) is 0 Å². The van der Waals surface area contributed by atoms with Crippen LogP contribution in [0.4, 0.5) is 0 Å². The van der Waals surface area contributed by atoms with Gasteiger partial charge in [-0.3, -0.25) is 4.99 Å². The average Bonchev–Trinajstić information content (AvgIpc) is 3.09. The molecule has 2 aromatic rings. The molecular formula is C17H27N5S. The van der Waals surface area contributed by atoms with Gasteiger partial charge >= 0.3 is 0 Å². The van der Waals surface area contributed by atoms with Crippen LogP contribution in [0.1, 0.15) is 37.2 Å². The van der Waals surface area contributed by atoms with Gasteiger partial charge in [0, 0.05) is 43.8 Å². The Morgan fingerprint density at radius 1 is 1.43 bits per heavy atom. The highest BCUT2D eigenvalue weighted by Gasteiger charge is 2.17. The van der Waals surface area contributed by atoms with Crippen molar-refractivity contribution in [3.8, 4) is 0 Å². The van der Waals surface area contributed by atoms with Crippen LogP contribution >= 0.6 is 11.3 Å². The maximum atomic E-state index is 4.72. The summed E-state index contributed by atoms with van der Waals surface area (Å²) in [5.74, 6) is 0.874. The fourth-order valence-corrected chi connectivity index (χ4v) is 3.22. The Balaban J connectivity index is 1.95. The van der Waals surface area contributed by atoms with Gasteiger partial charge in [-0.2, -0.15) is 0 Å². The third-order valence-electron chi connectivity index (χ3n) is 3.74. The number of aryl methyl sites for hydroxylation is 1. The second-order valence-electron chi connectivity index (χ2n) is 6.74. The van der Waals surface area contributed by atoms with Crippen LogP contribution in [0.3, 0.4) is 0 Å². The van der Waals surface area contributed by atoms with Crippen molar-refractivity contribution in [2.45, 2.75) is 39.3 Å². The molecule has 0 bridgehead atoms. The Hall–Kier alpha value is -1.82. The normalized spacial score (nSPS) is 12.5. The fourth-order valence-electron chi connectivity index (χ4n) is 2.25. The van der Waals surface area contributed by atoms with E-state index in [0.717, 1.165) is 23.2 Å². The molecule has 126 valence electrons. The first-order chi connectivity index (χ1) is 10.8. The molecule has 0 saturated heterocycles. The zero-order chi connectivity index (χ0) is 17.0. The Labute approximate surface area is 143 Å². The van der Waals surface area contributed by atoms with Crippen molar-refractivity contribution >= 4 is 17.3 Å². The molecule has 0 atom stereocenters. The van der Waals surface area contributed by atoms with E-state index in [0.29, 0.717) is 6.54 Å². The molecule has 0 aliphatic heterocycles. The fraction of sp³-hybridized carbons (Fsp3) is 0.529. The van der Waals surface area contributed by atoms with Crippen LogP contribution in [-0.2, 0) is 25.6 Å². The lowest BCUT2D eigenvalue weighted by atomic mass is 9.93. The van der Waals surface area contributed by atoms with Crippen molar-refractivity contribution in [2.75, 3.05) is 14.1 Å². The van der Waals surface area contributed by atoms with E-state index >= 15 is 0 Å². The highest BCUT2D eigenvalue weighted by molar-refractivity contribution is 7.09. The molecule has 0 amide bonds. The topological polar surface area (TPSA) is 45.5 Å². The molecule has 2 heterocycles. The summed E-state index contributed by atoms with van der Waals surface area (Å²) in [7, 11) is 5.92. The summed E-state index contributed by atoms with van der Waals surface area (Å²) in [6.07, 6.45) is 2.06. The van der Waals surface area contributed by atoms with E-state index in [1.807, 2.05) is 14.1 Å². The van der Waals surface area contributed by atoms with E-state index in [4.69, 9.17) is 4.98 Å². The molecule has 0 radical (unpaired) electrons. The molecule has 0 unspecified atom stereocenters. The van der Waals surface area contributed by atoms with E-state index in [9.17, 15) is 0 Å². The molecule has 6 heteroatoms. The summed E-state index contributed by atoms with van der Waals surface area (Å²) >= 11 is 1.70. The lowest BCUT2D eigenvalue weighted by Gasteiger charge is -2.22. The van der Waals surface area contributed by atoms with Gasteiger partial charge in [-0.15, -0.1) is 11.3 Å². The van der Waals surface area contributed by atoms with Crippen LogP contribution in [0.25, 0.3) is 0 Å². The number of aromatic nitrogens is 2. The SMILES string of the molecule is CN=C(NCc1nc(C(C)(C)C)cs1)N(C)Cc1cccn1C. The third kappa shape index (κ3) is 4.58. The van der Waals surface area contributed by atoms with Gasteiger partial charge in [0.2, 0.25) is 0 Å². The standard InChI is InChI=1S/C17H27N5S/c1-17(2,3)14-12-23-15(20-14)10-19-16(18-4)22(6)11-13-8-7-9-21(13)5/h7-9,12H,10-11H2,1-6H3,(H,18,19). The number of hydrogen-bond donors (Lipinski definition) is 1. The maximum Gasteiger partial charge on any atom is 0.194 e. The Bertz CT molecular complexity index is 663. The largest absolute Gasteiger partial charge is 0.353 e. The van der Waals surface area contributed by atoms with Crippen molar-refractivity contribution in [1.82, 2.24) is 19.8 Å². The summed E-state index contributed by atoms with van der Waals surface area (Å²) in [6.45, 7) is 8.07. The highest BCUT2D eigenvalue weighted by atomic mass is 32.1. The van der Waals surface area contributed by atoms with Gasteiger partial charge in [0.05, 0.1) is 18.8 Å². The molecule has 0 aliphatic rings. The molecule has 1 N–H and O–H groups in total. The number of aliphatic imine (C=N–C) groups is 1. The van der Waals surface area contributed by atoms with Crippen LogP contribution < -0.4 is 5.32 Å². The Kier molecular flexibility index (Phi) is 5.46. The number of rotatable bonds is 4. The van der Waals surface area contributed by atoms with Gasteiger partial charge in [-0.25, -0.2) is 4.98 Å². The summed E-state index contributed by atoms with van der Waals surface area (Å²) < 4.78 is 2.13. The molecule has 2 aromatic heterocycles. The molecule has 5 nitrogen and oxygen atoms in total. The van der Waals surface area contributed by atoms with E-state index in [1.54, 1.807) is 11.3 Å². The summed E-state index contributed by atoms with van der Waals surface area (Å²) in [5, 5.41) is 6.63. The first-order valence-corrected chi connectivity index (χ1v) is 8.66. The van der Waals surface area contributed by atoms with Crippen molar-refractivity contribution < 1.29 is 0 Å². The van der Waals surface area contributed by atoms with E-state index in [-0.39, 0.29) is 5.41 Å². The third-order valence-corrected chi connectivity index (χ3v) is 4.59. The second-order valence-corrected chi connectivity index (χ2v) is 7.69. The van der Waals surface area contributed by atoms with Gasteiger partial charge < -0.3 is 14.8 Å². The molecule has 0 aromatic carbocycles. The van der Waals surface area contributed by atoms with Crippen LogP contribution in [0, 0.1) is 0 Å². The summed E-state index contributed by atoms with van der Waals surface area (Å²) in [6, 6.07) is 4.18. The molecule has 2 rings (SSSR count). The molecule has 0 spiro atoms. The van der Waals surface area contributed by atoms with E-state index in [1.165, 1.54) is 5.69 Å². The van der Waals surface area contributed by atoms with Crippen LogP contribution in [-0.4, -0.2) is 34.5 Å². The molecular weight excluding hydrogens is 306 g/mol. The van der Waals surface area contributed by atoms with Gasteiger partial charge in [-0.1, -0.05) is 20.8 Å². The Morgan fingerprint density at radius 3 is 2.70 bits per heavy atom. The second kappa shape index (κ2) is 7.17. The molecule has 0 aliphatic carbocycles. The van der Waals surface area contributed by atoms with Crippen LogP contribution in [0.15, 0.2) is 28.7 Å². The van der Waals surface area contributed by atoms with Crippen molar-refractivity contribution in [3.05, 3.63) is 40.1 Å². The predicted molar refractivity (Wildman–Crippen MR) is 97.9 cm³/mol. The van der Waals surface area contributed by atoms with Gasteiger partial charge in [0.1, 0.15) is 5.01 Å². The van der Waals surface area contributed by atoms with Crippen molar-refractivity contribution in [1.29, 1.82) is 0 Å².